The Kier molecular flexibility index (Phi) is 4.56. The summed E-state index contributed by atoms with van der Waals surface area (Å²) in [7, 11) is -3.04. The molecule has 0 saturated carbocycles. The molecule has 1 aromatic carbocycles. The molecule has 0 aromatic heterocycles. The number of amides is 1. The van der Waals surface area contributed by atoms with Crippen LogP contribution in [-0.4, -0.2) is 36.8 Å². The van der Waals surface area contributed by atoms with Gasteiger partial charge in [0.1, 0.15) is 0 Å². The van der Waals surface area contributed by atoms with Crippen LogP contribution in [0.1, 0.15) is 25.8 Å². The van der Waals surface area contributed by atoms with E-state index in [4.69, 9.17) is 5.73 Å². The average molecular weight is 310 g/mol. The highest BCUT2D eigenvalue weighted by atomic mass is 32.2. The molecule has 0 aliphatic carbocycles. The quantitative estimate of drug-likeness (QED) is 0.853. The molecule has 1 atom stereocenters. The standard InChI is InChI=1S/C15H22N2O3S/c1-11(2)17(9-12-3-5-14(16)6-4-12)15(18)13-7-8-21(19,20)10-13/h3-6,11,13H,7-10,16H2,1-2H3. The maximum atomic E-state index is 12.6. The van der Waals surface area contributed by atoms with Crippen molar-refractivity contribution in [2.45, 2.75) is 32.9 Å². The molecule has 21 heavy (non-hydrogen) atoms. The van der Waals surface area contributed by atoms with E-state index < -0.39 is 15.8 Å². The van der Waals surface area contributed by atoms with Gasteiger partial charge in [-0.15, -0.1) is 0 Å². The van der Waals surface area contributed by atoms with E-state index in [1.54, 1.807) is 17.0 Å². The molecule has 1 fully saturated rings. The highest BCUT2D eigenvalue weighted by molar-refractivity contribution is 7.91. The maximum Gasteiger partial charge on any atom is 0.227 e. The summed E-state index contributed by atoms with van der Waals surface area (Å²) >= 11 is 0. The Balaban J connectivity index is 2.12. The van der Waals surface area contributed by atoms with Crippen LogP contribution in [-0.2, 0) is 21.2 Å². The lowest BCUT2D eigenvalue weighted by Gasteiger charge is -2.29. The van der Waals surface area contributed by atoms with Gasteiger partial charge in [-0.05, 0) is 38.0 Å². The third kappa shape index (κ3) is 3.97. The summed E-state index contributed by atoms with van der Waals surface area (Å²) in [6, 6.07) is 7.42. The van der Waals surface area contributed by atoms with Crippen LogP contribution in [0.5, 0.6) is 0 Å². The number of carbonyl (C=O) groups is 1. The molecule has 2 N–H and O–H groups in total. The number of rotatable bonds is 4. The summed E-state index contributed by atoms with van der Waals surface area (Å²) < 4.78 is 23.1. The first-order valence-electron chi connectivity index (χ1n) is 7.14. The van der Waals surface area contributed by atoms with Crippen LogP contribution in [0.4, 0.5) is 5.69 Å². The van der Waals surface area contributed by atoms with Crippen molar-refractivity contribution in [3.63, 3.8) is 0 Å². The van der Waals surface area contributed by atoms with Gasteiger partial charge < -0.3 is 10.6 Å². The van der Waals surface area contributed by atoms with Gasteiger partial charge in [-0.25, -0.2) is 8.42 Å². The summed E-state index contributed by atoms with van der Waals surface area (Å²) in [6.45, 7) is 4.37. The van der Waals surface area contributed by atoms with E-state index in [1.165, 1.54) is 0 Å². The van der Waals surface area contributed by atoms with Gasteiger partial charge in [0.05, 0.1) is 17.4 Å². The second-order valence-electron chi connectivity index (χ2n) is 5.90. The van der Waals surface area contributed by atoms with Crippen LogP contribution >= 0.6 is 0 Å². The first-order valence-corrected chi connectivity index (χ1v) is 8.96. The predicted octanol–water partition coefficient (Wildman–Crippen LogP) is 1.44. The van der Waals surface area contributed by atoms with Crippen LogP contribution in [0.3, 0.4) is 0 Å². The van der Waals surface area contributed by atoms with Crippen LogP contribution < -0.4 is 5.73 Å². The van der Waals surface area contributed by atoms with Gasteiger partial charge in [-0.2, -0.15) is 0 Å². The second kappa shape index (κ2) is 6.05. The zero-order valence-corrected chi connectivity index (χ0v) is 13.3. The molecule has 116 valence electrons. The highest BCUT2D eigenvalue weighted by Crippen LogP contribution is 2.23. The molecular formula is C15H22N2O3S. The van der Waals surface area contributed by atoms with Crippen LogP contribution in [0.25, 0.3) is 0 Å². The second-order valence-corrected chi connectivity index (χ2v) is 8.13. The molecule has 1 aliphatic heterocycles. The number of carbonyl (C=O) groups excluding carboxylic acids is 1. The molecule has 2 rings (SSSR count). The van der Waals surface area contributed by atoms with E-state index in [9.17, 15) is 13.2 Å². The average Bonchev–Trinajstić information content (AvgIpc) is 2.77. The third-order valence-corrected chi connectivity index (χ3v) is 5.59. The summed E-state index contributed by atoms with van der Waals surface area (Å²) in [5.41, 5.74) is 7.34. The summed E-state index contributed by atoms with van der Waals surface area (Å²) in [6.07, 6.45) is 0.437. The fraction of sp³-hybridized carbons (Fsp3) is 0.533. The molecule has 0 radical (unpaired) electrons. The number of hydrogen-bond acceptors (Lipinski definition) is 4. The van der Waals surface area contributed by atoms with Crippen molar-refractivity contribution in [3.05, 3.63) is 29.8 Å². The van der Waals surface area contributed by atoms with Crippen molar-refractivity contribution < 1.29 is 13.2 Å². The summed E-state index contributed by atoms with van der Waals surface area (Å²) in [5.74, 6) is -0.359. The molecule has 1 heterocycles. The minimum atomic E-state index is -3.04. The third-order valence-electron chi connectivity index (χ3n) is 3.82. The smallest absolute Gasteiger partial charge is 0.227 e. The lowest BCUT2D eigenvalue weighted by Crippen LogP contribution is -2.40. The van der Waals surface area contributed by atoms with E-state index in [2.05, 4.69) is 0 Å². The van der Waals surface area contributed by atoms with Crippen LogP contribution in [0.15, 0.2) is 24.3 Å². The van der Waals surface area contributed by atoms with Gasteiger partial charge in [0, 0.05) is 18.3 Å². The molecule has 0 bridgehead atoms. The Bertz CT molecular complexity index is 608. The van der Waals surface area contributed by atoms with Gasteiger partial charge in [0.25, 0.3) is 0 Å². The number of nitrogen functional groups attached to an aromatic ring is 1. The monoisotopic (exact) mass is 310 g/mol. The fourth-order valence-electron chi connectivity index (χ4n) is 2.56. The highest BCUT2D eigenvalue weighted by Gasteiger charge is 2.36. The van der Waals surface area contributed by atoms with Crippen LogP contribution in [0, 0.1) is 5.92 Å². The van der Waals surface area contributed by atoms with Crippen molar-refractivity contribution in [1.82, 2.24) is 4.90 Å². The zero-order chi connectivity index (χ0) is 15.6. The van der Waals surface area contributed by atoms with E-state index in [-0.39, 0.29) is 23.5 Å². The van der Waals surface area contributed by atoms with E-state index in [0.29, 0.717) is 18.7 Å². The maximum absolute atomic E-state index is 12.6. The number of benzene rings is 1. The van der Waals surface area contributed by atoms with E-state index in [0.717, 1.165) is 5.56 Å². The summed E-state index contributed by atoms with van der Waals surface area (Å²) in [5, 5.41) is 0. The van der Waals surface area contributed by atoms with Crippen LogP contribution in [0.2, 0.25) is 0 Å². The molecule has 6 heteroatoms. The van der Waals surface area contributed by atoms with Crippen molar-refractivity contribution in [2.75, 3.05) is 17.2 Å². The van der Waals surface area contributed by atoms with Gasteiger partial charge in [0.15, 0.2) is 9.84 Å². The molecule has 1 aliphatic rings. The molecule has 0 spiro atoms. The fourth-order valence-corrected chi connectivity index (χ4v) is 4.29. The number of anilines is 1. The molecule has 5 nitrogen and oxygen atoms in total. The summed E-state index contributed by atoms with van der Waals surface area (Å²) in [4.78, 5) is 14.3. The number of sulfone groups is 1. The first kappa shape index (κ1) is 15.8. The molecular weight excluding hydrogens is 288 g/mol. The SMILES string of the molecule is CC(C)N(Cc1ccc(N)cc1)C(=O)C1CCS(=O)(=O)C1. The van der Waals surface area contributed by atoms with Gasteiger partial charge >= 0.3 is 0 Å². The molecule has 1 aromatic rings. The number of nitrogens with zero attached hydrogens (tertiary/aromatic N) is 1. The zero-order valence-electron chi connectivity index (χ0n) is 12.5. The van der Waals surface area contributed by atoms with Crippen molar-refractivity contribution in [1.29, 1.82) is 0 Å². The van der Waals surface area contributed by atoms with E-state index >= 15 is 0 Å². The largest absolute Gasteiger partial charge is 0.399 e. The molecule has 1 amide bonds. The minimum Gasteiger partial charge on any atom is -0.399 e. The Labute approximate surface area is 126 Å². The minimum absolute atomic E-state index is 0.0171. The Morgan fingerprint density at radius 1 is 1.33 bits per heavy atom. The Morgan fingerprint density at radius 2 is 1.95 bits per heavy atom. The Hall–Kier alpha value is -1.56. The lowest BCUT2D eigenvalue weighted by atomic mass is 10.1. The molecule has 1 saturated heterocycles. The topological polar surface area (TPSA) is 80.5 Å². The van der Waals surface area contributed by atoms with Crippen molar-refractivity contribution in [2.24, 2.45) is 5.92 Å². The number of hydrogen-bond donors (Lipinski definition) is 1. The van der Waals surface area contributed by atoms with Gasteiger partial charge in [-0.1, -0.05) is 12.1 Å². The van der Waals surface area contributed by atoms with E-state index in [1.807, 2.05) is 26.0 Å². The Morgan fingerprint density at radius 3 is 2.43 bits per heavy atom. The molecule has 1 unspecified atom stereocenters. The van der Waals surface area contributed by atoms with Gasteiger partial charge in [-0.3, -0.25) is 4.79 Å². The predicted molar refractivity (Wildman–Crippen MR) is 83.3 cm³/mol. The van der Waals surface area contributed by atoms with Crippen molar-refractivity contribution in [3.8, 4) is 0 Å². The number of nitrogens with two attached hydrogens (primary N) is 1. The lowest BCUT2D eigenvalue weighted by molar-refractivity contribution is -0.137. The van der Waals surface area contributed by atoms with Crippen molar-refractivity contribution >= 4 is 21.4 Å². The normalized spacial score (nSPS) is 20.6. The first-order chi connectivity index (χ1) is 9.78. The van der Waals surface area contributed by atoms with Gasteiger partial charge in [0.2, 0.25) is 5.91 Å².